The number of carboxylic acids is 1. The second kappa shape index (κ2) is 5.21. The average Bonchev–Trinajstić information content (AvgIpc) is 2.89. The van der Waals surface area contributed by atoms with Crippen molar-refractivity contribution in [2.45, 2.75) is 26.2 Å². The average molecular weight is 311 g/mol. The lowest BCUT2D eigenvalue weighted by Crippen LogP contribution is -2.19. The maximum atomic E-state index is 11.3. The third-order valence-electron chi connectivity index (χ3n) is 3.99. The molecule has 0 radical (unpaired) electrons. The number of carbonyl (C=O) groups is 1. The van der Waals surface area contributed by atoms with E-state index in [9.17, 15) is 9.90 Å². The van der Waals surface area contributed by atoms with E-state index in [4.69, 9.17) is 0 Å². The van der Waals surface area contributed by atoms with Crippen LogP contribution in [0.25, 0.3) is 10.8 Å². The van der Waals surface area contributed by atoms with Crippen LogP contribution in [-0.2, 0) is 5.41 Å². The van der Waals surface area contributed by atoms with E-state index < -0.39 is 5.97 Å². The molecular weight excluding hydrogens is 294 g/mol. The van der Waals surface area contributed by atoms with E-state index in [1.807, 2.05) is 18.2 Å². The molecular formula is C18H17NO2S. The Hall–Kier alpha value is -2.20. The number of benzene rings is 2. The van der Waals surface area contributed by atoms with E-state index in [-0.39, 0.29) is 5.41 Å². The summed E-state index contributed by atoms with van der Waals surface area (Å²) >= 11 is 1.27. The van der Waals surface area contributed by atoms with Crippen LogP contribution in [0.1, 0.15) is 39.8 Å². The van der Waals surface area contributed by atoms with Crippen LogP contribution in [0.4, 0.5) is 0 Å². The number of hydrogen-bond acceptors (Lipinski definition) is 3. The fourth-order valence-electron chi connectivity index (χ4n) is 2.75. The second-order valence-electron chi connectivity index (χ2n) is 5.89. The normalized spacial score (nSPS) is 11.8. The van der Waals surface area contributed by atoms with Crippen molar-refractivity contribution in [1.29, 1.82) is 0 Å². The van der Waals surface area contributed by atoms with Gasteiger partial charge in [-0.3, -0.25) is 0 Å². The molecule has 1 N–H and O–H groups in total. The molecule has 2 aromatic carbocycles. The molecule has 0 saturated heterocycles. The highest BCUT2D eigenvalue weighted by Gasteiger charge is 2.30. The number of aromatic carboxylic acids is 1. The molecule has 0 amide bonds. The standard InChI is InChI=1S/C18H17NO2S/c1-11-15(16(20)21)22-17(19-11)18(2,3)14-10-6-8-12-7-4-5-9-13(12)14/h4-10H,1-3H3,(H,20,21). The molecule has 112 valence electrons. The highest BCUT2D eigenvalue weighted by Crippen LogP contribution is 2.38. The van der Waals surface area contributed by atoms with Crippen LogP contribution in [0.15, 0.2) is 42.5 Å². The van der Waals surface area contributed by atoms with Gasteiger partial charge in [-0.25, -0.2) is 9.78 Å². The third kappa shape index (κ3) is 2.29. The summed E-state index contributed by atoms with van der Waals surface area (Å²) in [6.45, 7) is 5.94. The maximum absolute atomic E-state index is 11.3. The first kappa shape index (κ1) is 14.7. The molecule has 0 aliphatic rings. The van der Waals surface area contributed by atoms with Gasteiger partial charge in [0.05, 0.1) is 5.69 Å². The molecule has 22 heavy (non-hydrogen) atoms. The Balaban J connectivity index is 2.20. The quantitative estimate of drug-likeness (QED) is 0.767. The number of nitrogens with zero attached hydrogens (tertiary/aromatic N) is 1. The highest BCUT2D eigenvalue weighted by atomic mass is 32.1. The zero-order valence-electron chi connectivity index (χ0n) is 12.8. The number of aromatic nitrogens is 1. The first-order valence-corrected chi connectivity index (χ1v) is 7.92. The summed E-state index contributed by atoms with van der Waals surface area (Å²) in [7, 11) is 0. The predicted molar refractivity (Wildman–Crippen MR) is 89.9 cm³/mol. The molecule has 3 aromatic rings. The summed E-state index contributed by atoms with van der Waals surface area (Å²) in [5, 5.41) is 12.5. The fourth-order valence-corrected chi connectivity index (χ4v) is 3.77. The lowest BCUT2D eigenvalue weighted by molar-refractivity contribution is 0.0701. The van der Waals surface area contributed by atoms with Crippen molar-refractivity contribution >= 4 is 28.1 Å². The molecule has 0 unspecified atom stereocenters. The zero-order chi connectivity index (χ0) is 15.9. The van der Waals surface area contributed by atoms with E-state index in [1.54, 1.807) is 6.92 Å². The molecule has 0 aliphatic carbocycles. The van der Waals surface area contributed by atoms with Crippen molar-refractivity contribution in [3.05, 3.63) is 63.6 Å². The summed E-state index contributed by atoms with van der Waals surface area (Å²) < 4.78 is 0. The first-order chi connectivity index (χ1) is 10.4. The Morgan fingerprint density at radius 3 is 2.50 bits per heavy atom. The van der Waals surface area contributed by atoms with Gasteiger partial charge in [0.2, 0.25) is 0 Å². The summed E-state index contributed by atoms with van der Waals surface area (Å²) in [6.07, 6.45) is 0. The maximum Gasteiger partial charge on any atom is 0.347 e. The van der Waals surface area contributed by atoms with Crippen molar-refractivity contribution in [2.24, 2.45) is 0 Å². The van der Waals surface area contributed by atoms with Crippen LogP contribution in [0, 0.1) is 6.92 Å². The molecule has 0 spiro atoms. The summed E-state index contributed by atoms with van der Waals surface area (Å²) in [6, 6.07) is 14.5. The van der Waals surface area contributed by atoms with Crippen molar-refractivity contribution < 1.29 is 9.90 Å². The molecule has 1 heterocycles. The van der Waals surface area contributed by atoms with E-state index in [1.165, 1.54) is 22.1 Å². The zero-order valence-corrected chi connectivity index (χ0v) is 13.6. The van der Waals surface area contributed by atoms with Crippen LogP contribution in [-0.4, -0.2) is 16.1 Å². The van der Waals surface area contributed by atoms with Gasteiger partial charge in [-0.05, 0) is 37.1 Å². The van der Waals surface area contributed by atoms with E-state index >= 15 is 0 Å². The minimum absolute atomic E-state index is 0.323. The number of fused-ring (bicyclic) bond motifs is 1. The summed E-state index contributed by atoms with van der Waals surface area (Å²) in [5.74, 6) is -0.907. The number of thiazole rings is 1. The summed E-state index contributed by atoms with van der Waals surface area (Å²) in [5.41, 5.74) is 1.40. The van der Waals surface area contributed by atoms with Gasteiger partial charge in [-0.2, -0.15) is 0 Å². The van der Waals surface area contributed by atoms with Crippen LogP contribution < -0.4 is 0 Å². The van der Waals surface area contributed by atoms with E-state index in [0.29, 0.717) is 10.6 Å². The number of hydrogen-bond donors (Lipinski definition) is 1. The van der Waals surface area contributed by atoms with Crippen LogP contribution in [0.3, 0.4) is 0 Å². The second-order valence-corrected chi connectivity index (χ2v) is 6.89. The molecule has 4 heteroatoms. The Labute approximate surface area is 133 Å². The number of rotatable bonds is 3. The van der Waals surface area contributed by atoms with E-state index in [2.05, 4.69) is 43.1 Å². The monoisotopic (exact) mass is 311 g/mol. The van der Waals surface area contributed by atoms with Gasteiger partial charge < -0.3 is 5.11 Å². The van der Waals surface area contributed by atoms with Crippen molar-refractivity contribution in [1.82, 2.24) is 4.98 Å². The topological polar surface area (TPSA) is 50.2 Å². The van der Waals surface area contributed by atoms with Gasteiger partial charge in [0.25, 0.3) is 0 Å². The Bertz CT molecular complexity index is 859. The van der Waals surface area contributed by atoms with Crippen LogP contribution >= 0.6 is 11.3 Å². The molecule has 3 rings (SSSR count). The first-order valence-electron chi connectivity index (χ1n) is 7.10. The van der Waals surface area contributed by atoms with Gasteiger partial charge >= 0.3 is 5.97 Å². The minimum Gasteiger partial charge on any atom is -0.477 e. The molecule has 3 nitrogen and oxygen atoms in total. The molecule has 0 aliphatic heterocycles. The van der Waals surface area contributed by atoms with Crippen molar-refractivity contribution in [3.8, 4) is 0 Å². The Morgan fingerprint density at radius 2 is 1.82 bits per heavy atom. The van der Waals surface area contributed by atoms with Gasteiger partial charge in [0, 0.05) is 5.41 Å². The lowest BCUT2D eigenvalue weighted by Gasteiger charge is -2.24. The smallest absolute Gasteiger partial charge is 0.347 e. The lowest BCUT2D eigenvalue weighted by atomic mass is 9.82. The molecule has 0 fully saturated rings. The molecule has 1 aromatic heterocycles. The SMILES string of the molecule is Cc1nc(C(C)(C)c2cccc3ccccc23)sc1C(=O)O. The van der Waals surface area contributed by atoms with Gasteiger partial charge in [-0.15, -0.1) is 11.3 Å². The van der Waals surface area contributed by atoms with Crippen molar-refractivity contribution in [3.63, 3.8) is 0 Å². The summed E-state index contributed by atoms with van der Waals surface area (Å²) in [4.78, 5) is 16.1. The van der Waals surface area contributed by atoms with Gasteiger partial charge in [0.1, 0.15) is 9.88 Å². The Morgan fingerprint density at radius 1 is 1.14 bits per heavy atom. The van der Waals surface area contributed by atoms with Gasteiger partial charge in [-0.1, -0.05) is 42.5 Å². The number of aryl methyl sites for hydroxylation is 1. The van der Waals surface area contributed by atoms with Crippen molar-refractivity contribution in [2.75, 3.05) is 0 Å². The molecule has 0 saturated carbocycles. The predicted octanol–water partition coefficient (Wildman–Crippen LogP) is 4.63. The van der Waals surface area contributed by atoms with Crippen LogP contribution in [0.2, 0.25) is 0 Å². The largest absolute Gasteiger partial charge is 0.477 e. The Kier molecular flexibility index (Phi) is 3.49. The van der Waals surface area contributed by atoms with Crippen LogP contribution in [0.5, 0.6) is 0 Å². The number of carboxylic acid groups (broad SMARTS) is 1. The molecule has 0 atom stereocenters. The third-order valence-corrected chi connectivity index (χ3v) is 5.46. The highest BCUT2D eigenvalue weighted by molar-refractivity contribution is 7.13. The minimum atomic E-state index is -0.907. The van der Waals surface area contributed by atoms with E-state index in [0.717, 1.165) is 10.6 Å². The fraction of sp³-hybridized carbons (Fsp3) is 0.222. The van der Waals surface area contributed by atoms with Gasteiger partial charge in [0.15, 0.2) is 0 Å². The molecule has 0 bridgehead atoms.